The third-order valence-corrected chi connectivity index (χ3v) is 6.13. The number of furan rings is 1. The van der Waals surface area contributed by atoms with Crippen LogP contribution in [0.15, 0.2) is 65.6 Å². The van der Waals surface area contributed by atoms with Gasteiger partial charge in [-0.25, -0.2) is 9.31 Å². The number of para-hydroxylation sites is 1. The second-order valence-corrected chi connectivity index (χ2v) is 8.59. The number of hydrogen-bond donors (Lipinski definition) is 1. The smallest absolute Gasteiger partial charge is 0.490 e. The van der Waals surface area contributed by atoms with Gasteiger partial charge in [0.1, 0.15) is 11.4 Å². The molecule has 1 saturated heterocycles. The molecule has 1 fully saturated rings. The van der Waals surface area contributed by atoms with Gasteiger partial charge in [0.15, 0.2) is 0 Å². The van der Waals surface area contributed by atoms with E-state index in [1.54, 1.807) is 13.4 Å². The summed E-state index contributed by atoms with van der Waals surface area (Å²) in [5, 5.41) is 16.1. The molecule has 5 rings (SSSR count). The highest BCUT2D eigenvalue weighted by Gasteiger charge is 2.38. The zero-order chi connectivity index (χ0) is 26.6. The van der Waals surface area contributed by atoms with Crippen LogP contribution >= 0.6 is 0 Å². The first-order valence-electron chi connectivity index (χ1n) is 11.4. The Morgan fingerprint density at radius 3 is 2.62 bits per heavy atom. The minimum Gasteiger partial charge on any atom is -0.496 e. The number of pyridine rings is 1. The van der Waals surface area contributed by atoms with E-state index >= 15 is 0 Å². The molecule has 0 amide bonds. The van der Waals surface area contributed by atoms with E-state index in [1.807, 2.05) is 41.2 Å². The number of halogens is 3. The number of carbonyl (C=O) groups is 1. The zero-order valence-electron chi connectivity index (χ0n) is 20.2. The maximum absolute atomic E-state index is 10.6. The number of methoxy groups -OCH3 is 1. The third-order valence-electron chi connectivity index (χ3n) is 6.13. The summed E-state index contributed by atoms with van der Waals surface area (Å²) in [5.41, 5.74) is 5.35. The number of rotatable bonds is 5. The molecule has 3 aromatic heterocycles. The van der Waals surface area contributed by atoms with Crippen molar-refractivity contribution in [3.05, 3.63) is 72.4 Å². The van der Waals surface area contributed by atoms with Gasteiger partial charge in [0.2, 0.25) is 0 Å². The average molecular weight is 518 g/mol. The van der Waals surface area contributed by atoms with Crippen LogP contribution in [0.25, 0.3) is 16.6 Å². The van der Waals surface area contributed by atoms with Gasteiger partial charge in [-0.2, -0.15) is 13.2 Å². The number of nitrogens with zero attached hydrogens (tertiary/aromatic N) is 5. The van der Waals surface area contributed by atoms with Crippen molar-refractivity contribution in [3.8, 4) is 16.9 Å². The topological polar surface area (TPSA) is 96.3 Å². The number of aromatic nitrogens is 3. The van der Waals surface area contributed by atoms with Gasteiger partial charge in [-0.05, 0) is 25.2 Å². The number of ether oxygens (including phenoxy) is 1. The number of aliphatic carboxylic acids is 1. The van der Waals surface area contributed by atoms with E-state index in [0.29, 0.717) is 0 Å². The lowest BCUT2D eigenvalue weighted by molar-refractivity contribution is -0.192. The van der Waals surface area contributed by atoms with Crippen LogP contribution in [0.2, 0.25) is 0 Å². The van der Waals surface area contributed by atoms with Crippen molar-refractivity contribution in [2.75, 3.05) is 33.8 Å². The Hall–Kier alpha value is -3.90. The van der Waals surface area contributed by atoms with Crippen LogP contribution in [-0.2, 0) is 11.3 Å². The van der Waals surface area contributed by atoms with E-state index in [4.69, 9.17) is 19.1 Å². The normalized spacial score (nSPS) is 16.8. The molecule has 1 aromatic carbocycles. The summed E-state index contributed by atoms with van der Waals surface area (Å²) in [6, 6.07) is 14.5. The molecule has 37 heavy (non-hydrogen) atoms. The van der Waals surface area contributed by atoms with Crippen molar-refractivity contribution in [3.63, 3.8) is 0 Å². The second-order valence-electron chi connectivity index (χ2n) is 8.59. The molecule has 0 saturated carbocycles. The zero-order valence-corrected chi connectivity index (χ0v) is 20.2. The molecule has 12 heteroatoms. The number of likely N-dealkylation sites (N-methyl/N-ethyl adjacent to an activating group) is 1. The largest absolute Gasteiger partial charge is 0.496 e. The number of hydrogen-bond acceptors (Lipinski definition) is 7. The maximum atomic E-state index is 10.6. The molecule has 9 nitrogen and oxygen atoms in total. The van der Waals surface area contributed by atoms with Crippen LogP contribution in [0, 0.1) is 0 Å². The number of alkyl halides is 3. The van der Waals surface area contributed by atoms with Gasteiger partial charge in [-0.3, -0.25) is 9.80 Å². The molecular formula is C25H26F3N5O4. The molecule has 1 N–H and O–H groups in total. The Balaban J connectivity index is 0.000000405. The molecule has 4 heterocycles. The summed E-state index contributed by atoms with van der Waals surface area (Å²) in [6.07, 6.45) is 0.491. The first kappa shape index (κ1) is 26.2. The maximum Gasteiger partial charge on any atom is 0.490 e. The molecule has 4 aromatic rings. The quantitative estimate of drug-likeness (QED) is 0.423. The van der Waals surface area contributed by atoms with E-state index in [1.165, 1.54) is 5.56 Å². The van der Waals surface area contributed by atoms with E-state index in [-0.39, 0.29) is 6.04 Å². The van der Waals surface area contributed by atoms with Crippen molar-refractivity contribution >= 4 is 11.5 Å². The lowest BCUT2D eigenvalue weighted by atomic mass is 10.0. The Morgan fingerprint density at radius 1 is 1.19 bits per heavy atom. The second kappa shape index (κ2) is 11.0. The van der Waals surface area contributed by atoms with Gasteiger partial charge in [0, 0.05) is 49.1 Å². The molecule has 1 unspecified atom stereocenters. The highest BCUT2D eigenvalue weighted by Crippen LogP contribution is 2.32. The van der Waals surface area contributed by atoms with Crippen molar-refractivity contribution in [2.24, 2.45) is 0 Å². The van der Waals surface area contributed by atoms with Crippen molar-refractivity contribution in [1.82, 2.24) is 24.6 Å². The molecule has 0 bridgehead atoms. The van der Waals surface area contributed by atoms with Gasteiger partial charge < -0.3 is 14.3 Å². The number of carboxylic acids is 1. The van der Waals surface area contributed by atoms with Crippen molar-refractivity contribution in [1.29, 1.82) is 0 Å². The Labute approximate surface area is 210 Å². The SMILES string of the molecule is COc1ccccc1-c1ccc2c(C3CN(Cc4ccoc4)CCN3C)nnn2c1.O=C(O)C(F)(F)F. The summed E-state index contributed by atoms with van der Waals surface area (Å²) in [6.45, 7) is 3.80. The molecule has 1 atom stereocenters. The molecule has 0 radical (unpaired) electrons. The Bertz CT molecular complexity index is 1340. The molecule has 196 valence electrons. The third kappa shape index (κ3) is 6.09. The number of piperazine rings is 1. The van der Waals surface area contributed by atoms with Crippen molar-refractivity contribution < 1.29 is 32.2 Å². The average Bonchev–Trinajstić information content (AvgIpc) is 3.54. The highest BCUT2D eigenvalue weighted by molar-refractivity contribution is 5.73. The van der Waals surface area contributed by atoms with Gasteiger partial charge in [0.25, 0.3) is 0 Å². The van der Waals surface area contributed by atoms with E-state index in [0.717, 1.165) is 54.3 Å². The first-order valence-corrected chi connectivity index (χ1v) is 11.4. The van der Waals surface area contributed by atoms with Gasteiger partial charge in [-0.15, -0.1) is 5.10 Å². The van der Waals surface area contributed by atoms with Crippen LogP contribution in [0.1, 0.15) is 17.3 Å². The summed E-state index contributed by atoms with van der Waals surface area (Å²) in [4.78, 5) is 13.7. The fraction of sp³-hybridized carbons (Fsp3) is 0.320. The Morgan fingerprint density at radius 2 is 1.95 bits per heavy atom. The van der Waals surface area contributed by atoms with Crippen LogP contribution in [0.4, 0.5) is 13.2 Å². The fourth-order valence-corrected chi connectivity index (χ4v) is 4.20. The van der Waals surface area contributed by atoms with Crippen LogP contribution in [0.5, 0.6) is 5.75 Å². The van der Waals surface area contributed by atoms with Crippen LogP contribution in [0.3, 0.4) is 0 Å². The Kier molecular flexibility index (Phi) is 7.79. The first-order chi connectivity index (χ1) is 17.7. The molecule has 0 spiro atoms. The summed E-state index contributed by atoms with van der Waals surface area (Å²) in [5.74, 6) is -1.91. The van der Waals surface area contributed by atoms with E-state index < -0.39 is 12.1 Å². The number of carboxylic acid groups (broad SMARTS) is 1. The lowest BCUT2D eigenvalue weighted by Gasteiger charge is -2.38. The van der Waals surface area contributed by atoms with Gasteiger partial charge in [-0.1, -0.05) is 29.5 Å². The predicted molar refractivity (Wildman–Crippen MR) is 128 cm³/mol. The summed E-state index contributed by atoms with van der Waals surface area (Å²) < 4.78 is 44.4. The minimum atomic E-state index is -5.08. The minimum absolute atomic E-state index is 0.195. The number of fused-ring (bicyclic) bond motifs is 1. The molecule has 1 aliphatic rings. The van der Waals surface area contributed by atoms with Gasteiger partial charge >= 0.3 is 12.1 Å². The van der Waals surface area contributed by atoms with Crippen LogP contribution in [-0.4, -0.2) is 75.7 Å². The molecule has 0 aliphatic carbocycles. The monoisotopic (exact) mass is 517 g/mol. The van der Waals surface area contributed by atoms with Gasteiger partial charge in [0.05, 0.1) is 31.2 Å². The molecular weight excluding hydrogens is 491 g/mol. The predicted octanol–water partition coefficient (Wildman–Crippen LogP) is 4.12. The number of benzene rings is 1. The van der Waals surface area contributed by atoms with E-state index in [9.17, 15) is 13.2 Å². The molecule has 1 aliphatic heterocycles. The van der Waals surface area contributed by atoms with Crippen molar-refractivity contribution in [2.45, 2.75) is 18.8 Å². The lowest BCUT2D eigenvalue weighted by Crippen LogP contribution is -2.46. The summed E-state index contributed by atoms with van der Waals surface area (Å²) >= 11 is 0. The highest BCUT2D eigenvalue weighted by atomic mass is 19.4. The summed E-state index contributed by atoms with van der Waals surface area (Å²) in [7, 11) is 3.85. The van der Waals surface area contributed by atoms with E-state index in [2.05, 4.69) is 45.4 Å². The fourth-order valence-electron chi connectivity index (χ4n) is 4.20. The van der Waals surface area contributed by atoms with Crippen LogP contribution < -0.4 is 4.74 Å². The standard InChI is InChI=1S/C23H25N5O2.C2HF3O2/c1-26-10-11-27(13-17-9-12-30-16-17)15-21(26)23-20-8-7-18(14-28(20)25-24-23)19-5-3-4-6-22(19)29-2;3-2(4,5)1(6)7/h3-9,12,14,16,21H,10-11,13,15H2,1-2H3;(H,6,7).